The van der Waals surface area contributed by atoms with Crippen LogP contribution in [0, 0.1) is 5.92 Å². The van der Waals surface area contributed by atoms with E-state index in [1.165, 1.54) is 18.4 Å². The molecule has 0 radical (unpaired) electrons. The second-order valence-electron chi connectivity index (χ2n) is 7.88. The fraction of sp³-hybridized carbons (Fsp3) is 0.737. The fourth-order valence-electron chi connectivity index (χ4n) is 4.25. The molecule has 1 aromatic rings. The number of amides is 1. The maximum absolute atomic E-state index is 12.7. The zero-order valence-corrected chi connectivity index (χ0v) is 14.7. The van der Waals surface area contributed by atoms with E-state index in [0.717, 1.165) is 69.3 Å². The van der Waals surface area contributed by atoms with Crippen LogP contribution in [0.1, 0.15) is 61.5 Å². The van der Waals surface area contributed by atoms with E-state index in [4.69, 9.17) is 14.7 Å². The van der Waals surface area contributed by atoms with Crippen LogP contribution >= 0.6 is 0 Å². The lowest BCUT2D eigenvalue weighted by Crippen LogP contribution is -2.39. The van der Waals surface area contributed by atoms with Crippen LogP contribution in [-0.4, -0.2) is 47.1 Å². The molecule has 2 saturated heterocycles. The maximum atomic E-state index is 12.7. The van der Waals surface area contributed by atoms with Gasteiger partial charge in [0.15, 0.2) is 0 Å². The van der Waals surface area contributed by atoms with E-state index in [-0.39, 0.29) is 5.92 Å². The normalized spacial score (nSPS) is 24.0. The van der Waals surface area contributed by atoms with Crippen LogP contribution in [0.4, 0.5) is 5.82 Å². The highest BCUT2D eigenvalue weighted by molar-refractivity contribution is 5.80. The van der Waals surface area contributed by atoms with Crippen molar-refractivity contribution < 1.29 is 9.53 Å². The predicted molar refractivity (Wildman–Crippen MR) is 93.3 cm³/mol. The Labute approximate surface area is 148 Å². The van der Waals surface area contributed by atoms with Crippen LogP contribution < -0.4 is 4.90 Å². The fourth-order valence-corrected chi connectivity index (χ4v) is 4.25. The van der Waals surface area contributed by atoms with Crippen molar-refractivity contribution in [2.75, 3.05) is 31.2 Å². The molecule has 3 aliphatic heterocycles. The second kappa shape index (κ2) is 6.24. The summed E-state index contributed by atoms with van der Waals surface area (Å²) < 4.78 is 5.50. The third-order valence-electron chi connectivity index (χ3n) is 6.29. The van der Waals surface area contributed by atoms with Crippen LogP contribution in [0.25, 0.3) is 0 Å². The summed E-state index contributed by atoms with van der Waals surface area (Å²) in [6.45, 7) is 5.13. The maximum Gasteiger partial charge on any atom is 0.226 e. The quantitative estimate of drug-likeness (QED) is 0.843. The third kappa shape index (κ3) is 2.71. The number of carbonyl (C=O) groups is 1. The summed E-state index contributed by atoms with van der Waals surface area (Å²) in [5.74, 6) is 3.05. The van der Waals surface area contributed by atoms with Crippen molar-refractivity contribution in [2.24, 2.45) is 5.92 Å². The van der Waals surface area contributed by atoms with Gasteiger partial charge in [-0.05, 0) is 32.1 Å². The van der Waals surface area contributed by atoms with Gasteiger partial charge < -0.3 is 14.5 Å². The minimum Gasteiger partial charge on any atom is -0.381 e. The van der Waals surface area contributed by atoms with E-state index in [1.807, 2.05) is 4.90 Å². The van der Waals surface area contributed by atoms with Crippen molar-refractivity contribution in [1.82, 2.24) is 14.9 Å². The summed E-state index contributed by atoms with van der Waals surface area (Å²) in [5.41, 5.74) is 2.29. The van der Waals surface area contributed by atoms with E-state index in [9.17, 15) is 4.79 Å². The van der Waals surface area contributed by atoms with E-state index in [0.29, 0.717) is 24.9 Å². The number of rotatable bonds is 3. The molecule has 0 atom stereocenters. The van der Waals surface area contributed by atoms with Gasteiger partial charge in [0, 0.05) is 43.7 Å². The molecule has 0 spiro atoms. The monoisotopic (exact) mass is 342 g/mol. The Kier molecular flexibility index (Phi) is 3.88. The molecule has 1 amide bonds. The molecule has 1 aliphatic carbocycles. The molecule has 0 unspecified atom stereocenters. The van der Waals surface area contributed by atoms with Gasteiger partial charge in [-0.2, -0.15) is 0 Å². The second-order valence-corrected chi connectivity index (χ2v) is 7.88. The zero-order chi connectivity index (χ0) is 16.8. The molecule has 134 valence electrons. The van der Waals surface area contributed by atoms with Gasteiger partial charge in [0.2, 0.25) is 5.91 Å². The Balaban J connectivity index is 1.44. The summed E-state index contributed by atoms with van der Waals surface area (Å²) >= 11 is 0. The van der Waals surface area contributed by atoms with E-state index >= 15 is 0 Å². The van der Waals surface area contributed by atoms with Gasteiger partial charge in [0.25, 0.3) is 0 Å². The average molecular weight is 342 g/mol. The van der Waals surface area contributed by atoms with Crippen molar-refractivity contribution in [3.05, 3.63) is 17.1 Å². The number of hydrogen-bond donors (Lipinski definition) is 0. The third-order valence-corrected chi connectivity index (χ3v) is 6.29. The number of aromatic nitrogens is 2. The molecule has 4 heterocycles. The summed E-state index contributed by atoms with van der Waals surface area (Å²) in [5, 5.41) is 0. The summed E-state index contributed by atoms with van der Waals surface area (Å²) in [4.78, 5) is 27.0. The summed E-state index contributed by atoms with van der Waals surface area (Å²) in [7, 11) is 0. The van der Waals surface area contributed by atoms with Crippen LogP contribution in [-0.2, 0) is 22.6 Å². The standard InChI is InChI=1S/C19H26N4O2/c24-19(14-3-1-4-14)23-11-15-16(12-23)20-17(13-5-9-25-10-6-13)21-18(15)22-7-2-8-22/h13-14H,1-12H2. The van der Waals surface area contributed by atoms with Crippen LogP contribution in [0.15, 0.2) is 0 Å². The highest BCUT2D eigenvalue weighted by Crippen LogP contribution is 2.37. The molecular weight excluding hydrogens is 316 g/mol. The highest BCUT2D eigenvalue weighted by atomic mass is 16.5. The molecule has 4 aliphatic rings. The molecular formula is C19H26N4O2. The molecule has 1 saturated carbocycles. The number of nitrogens with zero attached hydrogens (tertiary/aromatic N) is 4. The Hall–Kier alpha value is -1.69. The van der Waals surface area contributed by atoms with Crippen LogP contribution in [0.3, 0.4) is 0 Å². The predicted octanol–water partition coefficient (Wildman–Crippen LogP) is 2.22. The molecule has 6 nitrogen and oxygen atoms in total. The first-order valence-electron chi connectivity index (χ1n) is 9.81. The van der Waals surface area contributed by atoms with Gasteiger partial charge in [-0.25, -0.2) is 9.97 Å². The summed E-state index contributed by atoms with van der Waals surface area (Å²) in [6, 6.07) is 0. The van der Waals surface area contributed by atoms with Gasteiger partial charge in [-0.3, -0.25) is 4.79 Å². The largest absolute Gasteiger partial charge is 0.381 e. The number of anilines is 1. The van der Waals surface area contributed by atoms with Crippen molar-refractivity contribution in [1.29, 1.82) is 0 Å². The average Bonchev–Trinajstić information content (AvgIpc) is 2.97. The van der Waals surface area contributed by atoms with Gasteiger partial charge in [0.1, 0.15) is 11.6 Å². The van der Waals surface area contributed by atoms with Crippen LogP contribution in [0.5, 0.6) is 0 Å². The smallest absolute Gasteiger partial charge is 0.226 e. The molecule has 0 aromatic carbocycles. The minimum atomic E-state index is 0.254. The molecule has 6 heteroatoms. The first-order valence-corrected chi connectivity index (χ1v) is 9.81. The molecule has 1 aromatic heterocycles. The van der Waals surface area contributed by atoms with Gasteiger partial charge in [-0.1, -0.05) is 6.42 Å². The summed E-state index contributed by atoms with van der Waals surface area (Å²) in [6.07, 6.45) is 6.55. The lowest BCUT2D eigenvalue weighted by atomic mass is 9.84. The topological polar surface area (TPSA) is 58.6 Å². The Morgan fingerprint density at radius 1 is 1.00 bits per heavy atom. The molecule has 0 N–H and O–H groups in total. The number of ether oxygens (including phenoxy) is 1. The van der Waals surface area contributed by atoms with Crippen molar-refractivity contribution in [3.8, 4) is 0 Å². The highest BCUT2D eigenvalue weighted by Gasteiger charge is 2.36. The van der Waals surface area contributed by atoms with E-state index < -0.39 is 0 Å². The van der Waals surface area contributed by atoms with Gasteiger partial charge in [0.05, 0.1) is 18.8 Å². The SMILES string of the molecule is O=C(C1CCC1)N1Cc2nc(C3CCOCC3)nc(N3CCC3)c2C1. The van der Waals surface area contributed by atoms with E-state index in [1.54, 1.807) is 0 Å². The lowest BCUT2D eigenvalue weighted by Gasteiger charge is -2.34. The minimum absolute atomic E-state index is 0.254. The number of hydrogen-bond acceptors (Lipinski definition) is 5. The van der Waals surface area contributed by atoms with Crippen molar-refractivity contribution in [2.45, 2.75) is 57.5 Å². The molecule has 0 bridgehead atoms. The van der Waals surface area contributed by atoms with Crippen LogP contribution in [0.2, 0.25) is 0 Å². The number of carbonyl (C=O) groups excluding carboxylic acids is 1. The first kappa shape index (κ1) is 15.6. The van der Waals surface area contributed by atoms with Crippen molar-refractivity contribution >= 4 is 11.7 Å². The zero-order valence-electron chi connectivity index (χ0n) is 14.7. The molecule has 3 fully saturated rings. The Bertz CT molecular complexity index is 678. The van der Waals surface area contributed by atoms with Crippen molar-refractivity contribution in [3.63, 3.8) is 0 Å². The molecule has 5 rings (SSSR count). The Morgan fingerprint density at radius 2 is 1.80 bits per heavy atom. The molecule has 25 heavy (non-hydrogen) atoms. The lowest BCUT2D eigenvalue weighted by molar-refractivity contribution is -0.138. The van der Waals surface area contributed by atoms with E-state index in [2.05, 4.69) is 4.90 Å². The van der Waals surface area contributed by atoms with Gasteiger partial charge >= 0.3 is 0 Å². The first-order chi connectivity index (χ1) is 12.3. The van der Waals surface area contributed by atoms with Gasteiger partial charge in [-0.15, -0.1) is 0 Å². The number of fused-ring (bicyclic) bond motifs is 1. The Morgan fingerprint density at radius 3 is 2.44 bits per heavy atom.